The zero-order valence-electron chi connectivity index (χ0n) is 18.5. The van der Waals surface area contributed by atoms with Crippen molar-refractivity contribution < 1.29 is 48.2 Å². The standard InChI is InChI=1S/C22H25N2O10P/c1-12(34-35(30,31)32)19(20(26)23-18(10-25)21(27)28)24-22(29)33-11-17-15-8-4-2-6-13(15)14-7-3-5-9-16(14)17/h2-9,12,17-19,25H,10-11H2,1H3,(H,23,26)(H,24,29)(H,27,28)(H2,30,31,32)/t12-,18+,19+/m1/s1. The Morgan fingerprint density at radius 2 is 1.54 bits per heavy atom. The second kappa shape index (κ2) is 11.0. The van der Waals surface area contributed by atoms with Crippen LogP contribution in [0.2, 0.25) is 0 Å². The molecule has 3 atom stereocenters. The molecule has 0 saturated heterocycles. The molecule has 0 aromatic heterocycles. The molecule has 2 aromatic carbocycles. The Kier molecular flexibility index (Phi) is 8.26. The molecule has 13 heteroatoms. The normalized spacial score (nSPS) is 15.3. The van der Waals surface area contributed by atoms with Crippen LogP contribution in [0.3, 0.4) is 0 Å². The lowest BCUT2D eigenvalue weighted by Gasteiger charge is -2.25. The van der Waals surface area contributed by atoms with E-state index in [4.69, 9.17) is 24.7 Å². The number of nitrogens with one attached hydrogen (secondary N) is 2. The molecule has 35 heavy (non-hydrogen) atoms. The Morgan fingerprint density at radius 3 is 2.03 bits per heavy atom. The number of carboxylic acid groups (broad SMARTS) is 1. The van der Waals surface area contributed by atoms with Gasteiger partial charge >= 0.3 is 19.9 Å². The molecule has 188 valence electrons. The Balaban J connectivity index is 1.73. The number of aliphatic hydroxyl groups excluding tert-OH is 1. The van der Waals surface area contributed by atoms with E-state index in [2.05, 4.69) is 9.84 Å². The van der Waals surface area contributed by atoms with E-state index < -0.39 is 50.6 Å². The molecule has 0 fully saturated rings. The molecule has 0 unspecified atom stereocenters. The fraction of sp³-hybridized carbons (Fsp3) is 0.318. The van der Waals surface area contributed by atoms with E-state index in [-0.39, 0.29) is 12.5 Å². The van der Waals surface area contributed by atoms with Gasteiger partial charge in [-0.2, -0.15) is 0 Å². The van der Waals surface area contributed by atoms with E-state index in [0.717, 1.165) is 29.2 Å². The second-order valence-corrected chi connectivity index (χ2v) is 9.02. The zero-order valence-corrected chi connectivity index (χ0v) is 19.4. The third-order valence-corrected chi connectivity index (χ3v) is 6.08. The summed E-state index contributed by atoms with van der Waals surface area (Å²) in [5.74, 6) is -2.99. The van der Waals surface area contributed by atoms with Crippen LogP contribution in [0.5, 0.6) is 0 Å². The number of phosphoric acid groups is 1. The van der Waals surface area contributed by atoms with Gasteiger partial charge in [0, 0.05) is 5.92 Å². The number of carbonyl (C=O) groups excluding carboxylic acids is 2. The van der Waals surface area contributed by atoms with Crippen LogP contribution in [-0.4, -0.2) is 69.4 Å². The van der Waals surface area contributed by atoms with Crippen molar-refractivity contribution in [3.05, 3.63) is 59.7 Å². The summed E-state index contributed by atoms with van der Waals surface area (Å²) in [5, 5.41) is 22.3. The molecule has 0 spiro atoms. The maximum Gasteiger partial charge on any atom is 0.469 e. The number of ether oxygens (including phenoxy) is 1. The van der Waals surface area contributed by atoms with E-state index in [0.29, 0.717) is 0 Å². The third-order valence-electron chi connectivity index (χ3n) is 5.47. The molecule has 0 saturated carbocycles. The zero-order chi connectivity index (χ0) is 25.8. The molecule has 0 radical (unpaired) electrons. The summed E-state index contributed by atoms with van der Waals surface area (Å²) in [7, 11) is -5.06. The molecule has 12 nitrogen and oxygen atoms in total. The van der Waals surface area contributed by atoms with Gasteiger partial charge in [0.1, 0.15) is 18.7 Å². The smallest absolute Gasteiger partial charge is 0.469 e. The first-order chi connectivity index (χ1) is 16.5. The number of phosphoric ester groups is 1. The summed E-state index contributed by atoms with van der Waals surface area (Å²) in [6.45, 7) is 0.0462. The number of rotatable bonds is 10. The Labute approximate surface area is 200 Å². The van der Waals surface area contributed by atoms with Gasteiger partial charge in [-0.15, -0.1) is 0 Å². The number of carbonyl (C=O) groups is 3. The second-order valence-electron chi connectivity index (χ2n) is 7.83. The van der Waals surface area contributed by atoms with Gasteiger partial charge in [0.05, 0.1) is 12.7 Å². The predicted molar refractivity (Wildman–Crippen MR) is 121 cm³/mol. The van der Waals surface area contributed by atoms with Crippen molar-refractivity contribution in [3.8, 4) is 11.1 Å². The van der Waals surface area contributed by atoms with Crippen molar-refractivity contribution >= 4 is 25.8 Å². The summed E-state index contributed by atoms with van der Waals surface area (Å²) in [6, 6.07) is 11.8. The lowest BCUT2D eigenvalue weighted by atomic mass is 9.98. The van der Waals surface area contributed by atoms with Crippen molar-refractivity contribution in [2.45, 2.75) is 31.0 Å². The number of alkyl carbamates (subject to hydrolysis) is 1. The van der Waals surface area contributed by atoms with Gasteiger partial charge in [-0.05, 0) is 29.2 Å². The van der Waals surface area contributed by atoms with Gasteiger partial charge in [-0.3, -0.25) is 9.32 Å². The Bertz CT molecular complexity index is 1110. The topological polar surface area (TPSA) is 192 Å². The summed E-state index contributed by atoms with van der Waals surface area (Å²) < 4.78 is 21.1. The van der Waals surface area contributed by atoms with E-state index >= 15 is 0 Å². The molecule has 1 aliphatic rings. The summed E-state index contributed by atoms with van der Waals surface area (Å²) in [6.07, 6.45) is -2.67. The van der Waals surface area contributed by atoms with Gasteiger partial charge in [0.25, 0.3) is 0 Å². The van der Waals surface area contributed by atoms with Crippen molar-refractivity contribution in [2.24, 2.45) is 0 Å². The predicted octanol–water partition coefficient (Wildman–Crippen LogP) is 0.953. The fourth-order valence-corrected chi connectivity index (χ4v) is 4.44. The SMILES string of the molecule is C[C@@H](OP(=O)(O)O)[C@H](NC(=O)OCC1c2ccccc2-c2ccccc21)C(=O)N[C@@H](CO)C(=O)O. The first kappa shape index (κ1) is 26.3. The highest BCUT2D eigenvalue weighted by Crippen LogP contribution is 2.44. The molecule has 0 bridgehead atoms. The maximum absolute atomic E-state index is 12.6. The minimum atomic E-state index is -5.06. The third kappa shape index (κ3) is 6.44. The highest BCUT2D eigenvalue weighted by Gasteiger charge is 2.35. The summed E-state index contributed by atoms with van der Waals surface area (Å²) >= 11 is 0. The number of fused-ring (bicyclic) bond motifs is 3. The molecule has 6 N–H and O–H groups in total. The maximum atomic E-state index is 12.6. The van der Waals surface area contributed by atoms with E-state index in [9.17, 15) is 18.9 Å². The van der Waals surface area contributed by atoms with Gasteiger partial charge < -0.3 is 35.4 Å². The van der Waals surface area contributed by atoms with E-state index in [1.54, 1.807) is 0 Å². The Hall–Kier alpha value is -3.28. The summed E-state index contributed by atoms with van der Waals surface area (Å²) in [5.41, 5.74) is 3.89. The average Bonchev–Trinajstić information content (AvgIpc) is 3.11. The van der Waals surface area contributed by atoms with Crippen LogP contribution in [0.25, 0.3) is 11.1 Å². The average molecular weight is 508 g/mol. The van der Waals surface area contributed by atoms with E-state index in [1.165, 1.54) is 0 Å². The quantitative estimate of drug-likeness (QED) is 0.252. The molecule has 2 amide bonds. The van der Waals surface area contributed by atoms with Gasteiger partial charge in [-0.1, -0.05) is 48.5 Å². The largest absolute Gasteiger partial charge is 0.480 e. The molecular weight excluding hydrogens is 483 g/mol. The minimum absolute atomic E-state index is 0.101. The lowest BCUT2D eigenvalue weighted by Crippen LogP contribution is -2.57. The number of benzene rings is 2. The number of aliphatic hydroxyl groups is 1. The minimum Gasteiger partial charge on any atom is -0.480 e. The van der Waals surface area contributed by atoms with Crippen LogP contribution >= 0.6 is 7.82 Å². The number of hydrogen-bond donors (Lipinski definition) is 6. The fourth-order valence-electron chi connectivity index (χ4n) is 3.89. The number of hydrogen-bond acceptors (Lipinski definition) is 7. The molecule has 3 rings (SSSR count). The number of carboxylic acids is 1. The van der Waals surface area contributed by atoms with Gasteiger partial charge in [0.15, 0.2) is 0 Å². The highest BCUT2D eigenvalue weighted by molar-refractivity contribution is 7.46. The Morgan fingerprint density at radius 1 is 1.00 bits per heavy atom. The number of amides is 2. The van der Waals surface area contributed by atoms with Crippen LogP contribution in [0.4, 0.5) is 4.79 Å². The van der Waals surface area contributed by atoms with Crippen molar-refractivity contribution in [1.82, 2.24) is 10.6 Å². The first-order valence-electron chi connectivity index (χ1n) is 10.5. The number of aliphatic carboxylic acids is 1. The van der Waals surface area contributed by atoms with Crippen molar-refractivity contribution in [3.63, 3.8) is 0 Å². The van der Waals surface area contributed by atoms with Gasteiger partial charge in [0.2, 0.25) is 5.91 Å². The summed E-state index contributed by atoms with van der Waals surface area (Å²) in [4.78, 5) is 54.4. The van der Waals surface area contributed by atoms with Crippen LogP contribution in [0.1, 0.15) is 24.0 Å². The van der Waals surface area contributed by atoms with Gasteiger partial charge in [-0.25, -0.2) is 14.2 Å². The monoisotopic (exact) mass is 508 g/mol. The van der Waals surface area contributed by atoms with Crippen LogP contribution in [-0.2, 0) is 23.4 Å². The highest BCUT2D eigenvalue weighted by atomic mass is 31.2. The van der Waals surface area contributed by atoms with Crippen molar-refractivity contribution in [1.29, 1.82) is 0 Å². The molecule has 0 heterocycles. The molecule has 0 aliphatic heterocycles. The van der Waals surface area contributed by atoms with Crippen LogP contribution < -0.4 is 10.6 Å². The first-order valence-corrected chi connectivity index (χ1v) is 12.0. The molecular formula is C22H25N2O10P. The van der Waals surface area contributed by atoms with E-state index in [1.807, 2.05) is 53.8 Å². The molecule has 1 aliphatic carbocycles. The van der Waals surface area contributed by atoms with Crippen LogP contribution in [0, 0.1) is 0 Å². The molecule has 2 aromatic rings. The lowest BCUT2D eigenvalue weighted by molar-refractivity contribution is -0.143. The van der Waals surface area contributed by atoms with Crippen molar-refractivity contribution in [2.75, 3.05) is 13.2 Å². The van der Waals surface area contributed by atoms with Crippen LogP contribution in [0.15, 0.2) is 48.5 Å².